The molecule has 0 amide bonds. The lowest BCUT2D eigenvalue weighted by molar-refractivity contribution is -0.386. The first-order chi connectivity index (χ1) is 9.36. The Kier molecular flexibility index (Phi) is 3.61. The van der Waals surface area contributed by atoms with Gasteiger partial charge in [0.25, 0.3) is 0 Å². The van der Waals surface area contributed by atoms with Gasteiger partial charge in [-0.1, -0.05) is 11.6 Å². The average Bonchev–Trinajstić information content (AvgIpc) is 2.30. The van der Waals surface area contributed by atoms with Crippen molar-refractivity contribution < 1.29 is 4.92 Å². The molecule has 20 heavy (non-hydrogen) atoms. The molecule has 0 bridgehead atoms. The smallest absolute Gasteiger partial charge is 0.286 e. The summed E-state index contributed by atoms with van der Waals surface area (Å²) >= 11 is 5.76. The van der Waals surface area contributed by atoms with Crippen LogP contribution in [0.5, 0.6) is 0 Å². The van der Waals surface area contributed by atoms with E-state index in [1.54, 1.807) is 6.92 Å². The number of aromatic nitrogens is 4. The van der Waals surface area contributed by atoms with Crippen molar-refractivity contribution in [2.75, 3.05) is 0 Å². The van der Waals surface area contributed by atoms with Gasteiger partial charge >= 0.3 is 16.9 Å². The highest BCUT2D eigenvalue weighted by molar-refractivity contribution is 6.29. The zero-order chi connectivity index (χ0) is 14.9. The maximum Gasteiger partial charge on any atom is 0.350 e. The molecule has 104 valence electrons. The SMILES string of the molecule is Cc1cc(Cl)nc(Cn2cc([N+](=O)[O-])c(=O)[nH]c2=O)n1. The van der Waals surface area contributed by atoms with Crippen LogP contribution in [0.4, 0.5) is 5.69 Å². The van der Waals surface area contributed by atoms with Crippen LogP contribution < -0.4 is 11.2 Å². The molecule has 0 unspecified atom stereocenters. The Balaban J connectivity index is 2.48. The second-order valence-electron chi connectivity index (χ2n) is 3.91. The minimum atomic E-state index is -1.06. The summed E-state index contributed by atoms with van der Waals surface area (Å²) < 4.78 is 0.935. The molecule has 1 N–H and O–H groups in total. The zero-order valence-corrected chi connectivity index (χ0v) is 10.9. The lowest BCUT2D eigenvalue weighted by Crippen LogP contribution is -2.31. The Morgan fingerprint density at radius 1 is 1.45 bits per heavy atom. The van der Waals surface area contributed by atoms with Crippen LogP contribution in [0.15, 0.2) is 21.9 Å². The lowest BCUT2D eigenvalue weighted by Gasteiger charge is -2.04. The largest absolute Gasteiger partial charge is 0.350 e. The Labute approximate surface area is 116 Å². The molecule has 2 heterocycles. The fourth-order valence-corrected chi connectivity index (χ4v) is 1.81. The molecule has 0 aliphatic carbocycles. The minimum absolute atomic E-state index is 0.141. The van der Waals surface area contributed by atoms with Crippen LogP contribution in [0.1, 0.15) is 11.5 Å². The number of halogens is 1. The normalized spacial score (nSPS) is 10.5. The van der Waals surface area contributed by atoms with Crippen LogP contribution in [0.3, 0.4) is 0 Å². The molecular formula is C10H8ClN5O4. The van der Waals surface area contributed by atoms with Gasteiger partial charge in [0.1, 0.15) is 11.0 Å². The topological polar surface area (TPSA) is 124 Å². The maximum atomic E-state index is 11.6. The first-order valence-corrected chi connectivity index (χ1v) is 5.73. The Bertz CT molecular complexity index is 777. The van der Waals surface area contributed by atoms with E-state index < -0.39 is 21.9 Å². The molecular weight excluding hydrogens is 290 g/mol. The van der Waals surface area contributed by atoms with Crippen molar-refractivity contribution in [3.8, 4) is 0 Å². The molecule has 10 heteroatoms. The standard InChI is InChI=1S/C10H8ClN5O4/c1-5-2-7(11)13-8(12-5)4-15-3-6(16(19)20)9(17)14-10(15)18/h2-3H,4H2,1H3,(H,14,17,18). The molecule has 9 nitrogen and oxygen atoms in total. The van der Waals surface area contributed by atoms with E-state index in [2.05, 4.69) is 9.97 Å². The van der Waals surface area contributed by atoms with Crippen LogP contribution in [0, 0.1) is 17.0 Å². The summed E-state index contributed by atoms with van der Waals surface area (Å²) in [7, 11) is 0. The Morgan fingerprint density at radius 2 is 2.15 bits per heavy atom. The van der Waals surface area contributed by atoms with Gasteiger partial charge in [-0.05, 0) is 13.0 Å². The third-order valence-corrected chi connectivity index (χ3v) is 2.56. The summed E-state index contributed by atoms with van der Waals surface area (Å²) in [5.41, 5.74) is -1.99. The quantitative estimate of drug-likeness (QED) is 0.492. The van der Waals surface area contributed by atoms with Gasteiger partial charge in [0.05, 0.1) is 17.7 Å². The average molecular weight is 298 g/mol. The fraction of sp³-hybridized carbons (Fsp3) is 0.200. The van der Waals surface area contributed by atoms with Gasteiger partial charge in [0.15, 0.2) is 0 Å². The number of nitro groups is 1. The Morgan fingerprint density at radius 3 is 2.75 bits per heavy atom. The van der Waals surface area contributed by atoms with Gasteiger partial charge in [-0.25, -0.2) is 14.8 Å². The first kappa shape index (κ1) is 13.9. The van der Waals surface area contributed by atoms with Gasteiger partial charge in [-0.15, -0.1) is 0 Å². The number of hydrogen-bond acceptors (Lipinski definition) is 6. The van der Waals surface area contributed by atoms with Crippen LogP contribution in [-0.4, -0.2) is 24.4 Å². The van der Waals surface area contributed by atoms with Crippen molar-refractivity contribution >= 4 is 17.3 Å². The molecule has 0 radical (unpaired) electrons. The monoisotopic (exact) mass is 297 g/mol. The molecule has 0 aromatic carbocycles. The summed E-state index contributed by atoms with van der Waals surface area (Å²) in [6, 6.07) is 1.53. The summed E-state index contributed by atoms with van der Waals surface area (Å²) in [4.78, 5) is 42.4. The predicted molar refractivity (Wildman–Crippen MR) is 68.9 cm³/mol. The van der Waals surface area contributed by atoms with Crippen molar-refractivity contribution in [1.82, 2.24) is 19.5 Å². The molecule has 0 fully saturated rings. The van der Waals surface area contributed by atoms with Gasteiger partial charge in [0.2, 0.25) is 0 Å². The third kappa shape index (κ3) is 2.88. The Hall–Kier alpha value is -2.55. The third-order valence-electron chi connectivity index (χ3n) is 2.37. The highest BCUT2D eigenvalue weighted by Gasteiger charge is 2.15. The van der Waals surface area contributed by atoms with Crippen LogP contribution in [-0.2, 0) is 6.54 Å². The summed E-state index contributed by atoms with van der Waals surface area (Å²) in [5, 5.41) is 10.9. The lowest BCUT2D eigenvalue weighted by atomic mass is 10.4. The number of aromatic amines is 1. The second-order valence-corrected chi connectivity index (χ2v) is 4.29. The molecule has 2 aromatic rings. The number of H-pyrrole nitrogens is 1. The second kappa shape index (κ2) is 5.21. The van der Waals surface area contributed by atoms with E-state index in [0.29, 0.717) is 5.69 Å². The van der Waals surface area contributed by atoms with Crippen molar-refractivity contribution in [1.29, 1.82) is 0 Å². The summed E-state index contributed by atoms with van der Waals surface area (Å²) in [6.07, 6.45) is 0.848. The van der Waals surface area contributed by atoms with Crippen LogP contribution >= 0.6 is 11.6 Å². The van der Waals surface area contributed by atoms with Crippen molar-refractivity contribution in [3.63, 3.8) is 0 Å². The first-order valence-electron chi connectivity index (χ1n) is 5.35. The highest BCUT2D eigenvalue weighted by atomic mass is 35.5. The van der Waals surface area contributed by atoms with E-state index in [1.165, 1.54) is 6.07 Å². The highest BCUT2D eigenvalue weighted by Crippen LogP contribution is 2.07. The van der Waals surface area contributed by atoms with E-state index in [9.17, 15) is 19.7 Å². The molecule has 0 atom stereocenters. The van der Waals surface area contributed by atoms with E-state index >= 15 is 0 Å². The fourth-order valence-electron chi connectivity index (χ4n) is 1.56. The van der Waals surface area contributed by atoms with Gasteiger partial charge < -0.3 is 0 Å². The minimum Gasteiger partial charge on any atom is -0.286 e. The summed E-state index contributed by atoms with van der Waals surface area (Å²) in [5.74, 6) is 0.207. The molecule has 0 aliphatic rings. The summed E-state index contributed by atoms with van der Waals surface area (Å²) in [6.45, 7) is 1.55. The van der Waals surface area contributed by atoms with Gasteiger partial charge in [-0.2, -0.15) is 0 Å². The van der Waals surface area contributed by atoms with Crippen LogP contribution in [0.2, 0.25) is 5.15 Å². The number of rotatable bonds is 3. The number of nitrogens with zero attached hydrogens (tertiary/aromatic N) is 4. The van der Waals surface area contributed by atoms with Crippen molar-refractivity contribution in [2.45, 2.75) is 13.5 Å². The number of aryl methyl sites for hydroxylation is 1. The molecule has 0 saturated heterocycles. The maximum absolute atomic E-state index is 11.6. The van der Waals surface area contributed by atoms with E-state index in [-0.39, 0.29) is 17.5 Å². The van der Waals surface area contributed by atoms with E-state index in [4.69, 9.17) is 11.6 Å². The molecule has 2 rings (SSSR count). The van der Waals surface area contributed by atoms with E-state index in [1.807, 2.05) is 4.98 Å². The van der Waals surface area contributed by atoms with E-state index in [0.717, 1.165) is 10.8 Å². The van der Waals surface area contributed by atoms with Crippen LogP contribution in [0.25, 0.3) is 0 Å². The molecule has 0 aliphatic heterocycles. The molecule has 2 aromatic heterocycles. The number of nitrogens with one attached hydrogen (secondary N) is 1. The number of hydrogen-bond donors (Lipinski definition) is 1. The molecule has 0 saturated carbocycles. The zero-order valence-electron chi connectivity index (χ0n) is 10.2. The van der Waals surface area contributed by atoms with Crippen molar-refractivity contribution in [2.24, 2.45) is 0 Å². The van der Waals surface area contributed by atoms with Crippen molar-refractivity contribution in [3.05, 3.63) is 59.9 Å². The van der Waals surface area contributed by atoms with Gasteiger partial charge in [-0.3, -0.25) is 24.5 Å². The predicted octanol–water partition coefficient (Wildman–Crippen LogP) is 0.245. The molecule has 0 spiro atoms. The van der Waals surface area contributed by atoms with Gasteiger partial charge in [0, 0.05) is 5.69 Å².